The fraction of sp³-hybridized carbons (Fsp3) is 0.867. The lowest BCUT2D eigenvalue weighted by molar-refractivity contribution is 0.0963. The molecule has 1 saturated heterocycles. The van der Waals surface area contributed by atoms with Gasteiger partial charge in [0, 0.05) is 32.2 Å². The molecule has 2 heterocycles. The van der Waals surface area contributed by atoms with Crippen LogP contribution < -0.4 is 5.32 Å². The van der Waals surface area contributed by atoms with Crippen molar-refractivity contribution in [1.29, 1.82) is 0 Å². The fourth-order valence-electron chi connectivity index (χ4n) is 3.40. The van der Waals surface area contributed by atoms with Crippen molar-refractivity contribution in [2.24, 2.45) is 18.9 Å². The average Bonchev–Trinajstić information content (AvgIpc) is 3.15. The minimum absolute atomic E-state index is 0.623. The molecule has 5 nitrogen and oxygen atoms in total. The van der Waals surface area contributed by atoms with Gasteiger partial charge in [-0.2, -0.15) is 5.10 Å². The molecule has 5 heteroatoms. The summed E-state index contributed by atoms with van der Waals surface area (Å²) >= 11 is 0. The van der Waals surface area contributed by atoms with Crippen LogP contribution in [0.1, 0.15) is 38.9 Å². The van der Waals surface area contributed by atoms with Crippen LogP contribution in [-0.2, 0) is 13.6 Å². The van der Waals surface area contributed by atoms with Gasteiger partial charge in [0.1, 0.15) is 12.2 Å². The second-order valence-corrected chi connectivity index (χ2v) is 6.87. The van der Waals surface area contributed by atoms with E-state index in [2.05, 4.69) is 34.1 Å². The monoisotopic (exact) mass is 277 g/mol. The van der Waals surface area contributed by atoms with Crippen molar-refractivity contribution < 1.29 is 0 Å². The van der Waals surface area contributed by atoms with Gasteiger partial charge < -0.3 is 5.32 Å². The molecule has 1 aromatic heterocycles. The highest BCUT2D eigenvalue weighted by Crippen LogP contribution is 2.37. The molecule has 1 N–H and O–H groups in total. The van der Waals surface area contributed by atoms with Crippen LogP contribution in [0.5, 0.6) is 0 Å². The average molecular weight is 277 g/mol. The number of aryl methyl sites for hydroxylation is 1. The van der Waals surface area contributed by atoms with Crippen molar-refractivity contribution >= 4 is 0 Å². The summed E-state index contributed by atoms with van der Waals surface area (Å²) in [5.74, 6) is 2.73. The first-order valence-corrected chi connectivity index (χ1v) is 7.93. The summed E-state index contributed by atoms with van der Waals surface area (Å²) in [6.07, 6.45) is 5.72. The van der Waals surface area contributed by atoms with Crippen molar-refractivity contribution in [2.75, 3.05) is 13.1 Å². The molecule has 0 spiro atoms. The number of hydrogen-bond donors (Lipinski definition) is 1. The van der Waals surface area contributed by atoms with Gasteiger partial charge in [-0.1, -0.05) is 13.8 Å². The lowest BCUT2D eigenvalue weighted by atomic mass is 9.98. The van der Waals surface area contributed by atoms with Crippen LogP contribution in [0.2, 0.25) is 0 Å². The zero-order chi connectivity index (χ0) is 14.1. The molecule has 112 valence electrons. The van der Waals surface area contributed by atoms with Crippen LogP contribution in [0.4, 0.5) is 0 Å². The molecule has 1 aromatic rings. The third-order valence-corrected chi connectivity index (χ3v) is 4.61. The Hall–Kier alpha value is -0.940. The lowest BCUT2D eigenvalue weighted by Crippen LogP contribution is -2.57. The van der Waals surface area contributed by atoms with Crippen LogP contribution in [0.3, 0.4) is 0 Å². The summed E-state index contributed by atoms with van der Waals surface area (Å²) < 4.78 is 1.91. The molecule has 2 unspecified atom stereocenters. The van der Waals surface area contributed by atoms with Gasteiger partial charge in [-0.25, -0.2) is 4.98 Å². The highest BCUT2D eigenvalue weighted by atomic mass is 15.3. The number of rotatable bonds is 5. The molecule has 3 rings (SSSR count). The molecular formula is C15H27N5. The molecule has 2 aliphatic rings. The summed E-state index contributed by atoms with van der Waals surface area (Å²) in [4.78, 5) is 7.04. The van der Waals surface area contributed by atoms with Crippen molar-refractivity contribution in [3.8, 4) is 0 Å². The SMILES string of the molecule is CC(C)CC1CN(Cc2ncnn2C)C(C2CC2)CN1. The molecule has 1 saturated carbocycles. The van der Waals surface area contributed by atoms with Crippen molar-refractivity contribution in [3.63, 3.8) is 0 Å². The topological polar surface area (TPSA) is 46.0 Å². The van der Waals surface area contributed by atoms with E-state index in [1.807, 2.05) is 11.7 Å². The summed E-state index contributed by atoms with van der Waals surface area (Å²) in [5, 5.41) is 7.96. The van der Waals surface area contributed by atoms with Crippen molar-refractivity contribution in [2.45, 2.75) is 51.7 Å². The highest BCUT2D eigenvalue weighted by Gasteiger charge is 2.39. The van der Waals surface area contributed by atoms with Gasteiger partial charge in [-0.3, -0.25) is 9.58 Å². The number of hydrogen-bond acceptors (Lipinski definition) is 4. The number of aromatic nitrogens is 3. The maximum Gasteiger partial charge on any atom is 0.140 e. The first-order valence-electron chi connectivity index (χ1n) is 7.93. The molecule has 2 atom stereocenters. The summed E-state index contributed by atoms with van der Waals surface area (Å²) in [5.41, 5.74) is 0. The van der Waals surface area contributed by atoms with E-state index in [1.54, 1.807) is 6.33 Å². The quantitative estimate of drug-likeness (QED) is 0.884. The molecule has 1 aliphatic carbocycles. The van der Waals surface area contributed by atoms with Crippen LogP contribution >= 0.6 is 0 Å². The molecule has 0 aromatic carbocycles. The molecule has 20 heavy (non-hydrogen) atoms. The molecule has 0 amide bonds. The second kappa shape index (κ2) is 5.82. The fourth-order valence-corrected chi connectivity index (χ4v) is 3.40. The van der Waals surface area contributed by atoms with E-state index < -0.39 is 0 Å². The smallest absolute Gasteiger partial charge is 0.140 e. The van der Waals surface area contributed by atoms with E-state index in [0.717, 1.165) is 37.3 Å². The molecule has 2 fully saturated rings. The molecule has 1 aliphatic heterocycles. The zero-order valence-electron chi connectivity index (χ0n) is 12.9. The van der Waals surface area contributed by atoms with Gasteiger partial charge in [-0.05, 0) is 31.1 Å². The number of nitrogens with zero attached hydrogens (tertiary/aromatic N) is 4. The van der Waals surface area contributed by atoms with Crippen molar-refractivity contribution in [1.82, 2.24) is 25.0 Å². The van der Waals surface area contributed by atoms with Crippen LogP contribution in [0.15, 0.2) is 6.33 Å². The number of nitrogens with one attached hydrogen (secondary N) is 1. The van der Waals surface area contributed by atoms with Gasteiger partial charge in [-0.15, -0.1) is 0 Å². The minimum atomic E-state index is 0.623. The van der Waals surface area contributed by atoms with Crippen LogP contribution in [0.25, 0.3) is 0 Å². The second-order valence-electron chi connectivity index (χ2n) is 6.87. The van der Waals surface area contributed by atoms with Gasteiger partial charge >= 0.3 is 0 Å². The molecule has 0 radical (unpaired) electrons. The van der Waals surface area contributed by atoms with Gasteiger partial charge in [0.2, 0.25) is 0 Å². The van der Waals surface area contributed by atoms with E-state index in [0.29, 0.717) is 12.1 Å². The normalized spacial score (nSPS) is 28.2. The van der Waals surface area contributed by atoms with Crippen LogP contribution in [0, 0.1) is 11.8 Å². The Bertz CT molecular complexity index is 437. The Labute approximate surface area is 121 Å². The first-order chi connectivity index (χ1) is 9.63. The van der Waals surface area contributed by atoms with Crippen molar-refractivity contribution in [3.05, 3.63) is 12.2 Å². The Balaban J connectivity index is 1.67. The first kappa shape index (κ1) is 14.0. The van der Waals surface area contributed by atoms with E-state index in [1.165, 1.54) is 19.3 Å². The van der Waals surface area contributed by atoms with E-state index >= 15 is 0 Å². The van der Waals surface area contributed by atoms with E-state index in [-0.39, 0.29) is 0 Å². The largest absolute Gasteiger partial charge is 0.311 e. The predicted octanol–water partition coefficient (Wildman–Crippen LogP) is 1.41. The standard InChI is InChI=1S/C15H27N5/c1-11(2)6-13-8-20(9-15-17-10-18-19(15)3)14(7-16-13)12-4-5-12/h10-14,16H,4-9H2,1-3H3. The van der Waals surface area contributed by atoms with Gasteiger partial charge in [0.15, 0.2) is 0 Å². The predicted molar refractivity (Wildman–Crippen MR) is 79.2 cm³/mol. The Kier molecular flexibility index (Phi) is 4.08. The summed E-state index contributed by atoms with van der Waals surface area (Å²) in [6, 6.07) is 1.31. The third kappa shape index (κ3) is 3.20. The van der Waals surface area contributed by atoms with Crippen LogP contribution in [-0.4, -0.2) is 44.8 Å². The third-order valence-electron chi connectivity index (χ3n) is 4.61. The Morgan fingerprint density at radius 3 is 2.80 bits per heavy atom. The lowest BCUT2D eigenvalue weighted by Gasteiger charge is -2.41. The molecule has 0 bridgehead atoms. The maximum atomic E-state index is 4.40. The number of piperazine rings is 1. The van der Waals surface area contributed by atoms with E-state index in [4.69, 9.17) is 0 Å². The Morgan fingerprint density at radius 2 is 2.20 bits per heavy atom. The maximum absolute atomic E-state index is 4.40. The van der Waals surface area contributed by atoms with Gasteiger partial charge in [0.05, 0.1) is 6.54 Å². The summed E-state index contributed by atoms with van der Waals surface area (Å²) in [6.45, 7) is 7.84. The summed E-state index contributed by atoms with van der Waals surface area (Å²) in [7, 11) is 1.99. The van der Waals surface area contributed by atoms with Gasteiger partial charge in [0.25, 0.3) is 0 Å². The Morgan fingerprint density at radius 1 is 1.40 bits per heavy atom. The zero-order valence-corrected chi connectivity index (χ0v) is 12.9. The molecular weight excluding hydrogens is 250 g/mol. The highest BCUT2D eigenvalue weighted by molar-refractivity contribution is 4.97. The minimum Gasteiger partial charge on any atom is -0.311 e. The van der Waals surface area contributed by atoms with E-state index in [9.17, 15) is 0 Å².